The number of nitrogens with one attached hydrogen (secondary N) is 1. The van der Waals surface area contributed by atoms with Crippen LogP contribution in [0.5, 0.6) is 11.5 Å². The maximum absolute atomic E-state index is 12.6. The van der Waals surface area contributed by atoms with Crippen molar-refractivity contribution in [1.29, 1.82) is 0 Å². The lowest BCUT2D eigenvalue weighted by molar-refractivity contribution is -0.142. The maximum Gasteiger partial charge on any atom is 0.407 e. The van der Waals surface area contributed by atoms with Crippen LogP contribution in [0.3, 0.4) is 0 Å². The second kappa shape index (κ2) is 17.2. The molecule has 5 N–H and O–H groups in total. The maximum atomic E-state index is 12.6. The first-order valence-electron chi connectivity index (χ1n) is 13.7. The summed E-state index contributed by atoms with van der Waals surface area (Å²) in [6.07, 6.45) is 0.113. The lowest BCUT2D eigenvalue weighted by atomic mass is 9.82. The Morgan fingerprint density at radius 2 is 1.69 bits per heavy atom. The molecule has 0 unspecified atom stereocenters. The summed E-state index contributed by atoms with van der Waals surface area (Å²) in [4.78, 5) is 24.0. The summed E-state index contributed by atoms with van der Waals surface area (Å²) in [5.74, 6) is -0.267. The molecule has 0 radical (unpaired) electrons. The number of aliphatic hydroxyl groups excluding tert-OH is 1. The fourth-order valence-electron chi connectivity index (χ4n) is 4.08. The summed E-state index contributed by atoms with van der Waals surface area (Å²) in [5, 5.41) is 23.1. The van der Waals surface area contributed by atoms with Crippen LogP contribution in [0.1, 0.15) is 66.4 Å². The monoisotopic (exact) mass is 554 g/mol. The number of amides is 1. The first-order valence-corrected chi connectivity index (χ1v) is 13.7. The number of aliphatic carboxylic acids is 1. The number of hydrogen-bond donors (Lipinski definition) is 4. The van der Waals surface area contributed by atoms with Gasteiger partial charge in [-0.25, -0.2) is 4.79 Å². The third kappa shape index (κ3) is 13.9. The van der Waals surface area contributed by atoms with Crippen LogP contribution in [0, 0.1) is 17.8 Å². The molecule has 10 nitrogen and oxygen atoms in total. The van der Waals surface area contributed by atoms with Crippen molar-refractivity contribution in [2.75, 3.05) is 33.5 Å². The van der Waals surface area contributed by atoms with Gasteiger partial charge < -0.3 is 40.2 Å². The molecule has 0 spiro atoms. The molecule has 0 heterocycles. The lowest BCUT2D eigenvalue weighted by Crippen LogP contribution is -2.47. The zero-order valence-corrected chi connectivity index (χ0v) is 24.7. The Morgan fingerprint density at radius 3 is 2.26 bits per heavy atom. The number of alkyl carbamates (subject to hydrolysis) is 1. The minimum atomic E-state index is -1.06. The van der Waals surface area contributed by atoms with E-state index in [9.17, 15) is 19.8 Å². The van der Waals surface area contributed by atoms with Crippen LogP contribution in [-0.4, -0.2) is 73.5 Å². The number of nitrogens with two attached hydrogens (primary N) is 1. The summed E-state index contributed by atoms with van der Waals surface area (Å²) in [5.41, 5.74) is 5.91. The number of carboxylic acid groups (broad SMARTS) is 1. The molecule has 0 aliphatic carbocycles. The first-order chi connectivity index (χ1) is 18.3. The Hall–Kier alpha value is -2.56. The van der Waals surface area contributed by atoms with Crippen LogP contribution >= 0.6 is 0 Å². The Bertz CT molecular complexity index is 871. The fourth-order valence-corrected chi connectivity index (χ4v) is 4.08. The van der Waals surface area contributed by atoms with Crippen molar-refractivity contribution in [3.8, 4) is 11.5 Å². The summed E-state index contributed by atoms with van der Waals surface area (Å²) in [6, 6.07) is 5.11. The Labute approximate surface area is 233 Å². The highest BCUT2D eigenvalue weighted by atomic mass is 16.6. The number of hydrogen-bond acceptors (Lipinski definition) is 8. The van der Waals surface area contributed by atoms with Crippen molar-refractivity contribution < 1.29 is 38.7 Å². The molecule has 1 amide bonds. The average molecular weight is 555 g/mol. The van der Waals surface area contributed by atoms with Gasteiger partial charge in [0.1, 0.15) is 12.2 Å². The van der Waals surface area contributed by atoms with Gasteiger partial charge in [-0.1, -0.05) is 26.8 Å². The number of ether oxygens (including phenoxy) is 4. The van der Waals surface area contributed by atoms with E-state index in [2.05, 4.69) is 19.2 Å². The number of carbonyl (C=O) groups excluding carboxylic acids is 1. The molecule has 224 valence electrons. The van der Waals surface area contributed by atoms with Gasteiger partial charge in [-0.2, -0.15) is 0 Å². The highest BCUT2D eigenvalue weighted by molar-refractivity contribution is 5.70. The Balaban J connectivity index is 3.15. The second-order valence-corrected chi connectivity index (χ2v) is 11.4. The minimum Gasteiger partial charge on any atom is -0.490 e. The predicted octanol–water partition coefficient (Wildman–Crippen LogP) is 4.01. The van der Waals surface area contributed by atoms with Crippen LogP contribution in [0.15, 0.2) is 18.2 Å². The molecular formula is C29H50N2O8. The molecule has 0 aliphatic rings. The molecule has 39 heavy (non-hydrogen) atoms. The molecule has 0 aromatic heterocycles. The van der Waals surface area contributed by atoms with Gasteiger partial charge in [-0.05, 0) is 69.6 Å². The van der Waals surface area contributed by atoms with Gasteiger partial charge in [0.25, 0.3) is 0 Å². The Kier molecular flexibility index (Phi) is 15.2. The van der Waals surface area contributed by atoms with Crippen LogP contribution < -0.4 is 20.5 Å². The number of methoxy groups -OCH3 is 1. The van der Waals surface area contributed by atoms with E-state index in [-0.39, 0.29) is 18.3 Å². The molecule has 0 fully saturated rings. The molecule has 0 bridgehead atoms. The normalized spacial score (nSPS) is 14.8. The van der Waals surface area contributed by atoms with E-state index < -0.39 is 35.7 Å². The molecule has 10 heteroatoms. The molecule has 4 atom stereocenters. The van der Waals surface area contributed by atoms with Gasteiger partial charge in [-0.15, -0.1) is 0 Å². The highest BCUT2D eigenvalue weighted by Gasteiger charge is 2.31. The third-order valence-electron chi connectivity index (χ3n) is 6.31. The van der Waals surface area contributed by atoms with Crippen molar-refractivity contribution in [2.24, 2.45) is 23.5 Å². The van der Waals surface area contributed by atoms with Gasteiger partial charge in [-0.3, -0.25) is 4.79 Å². The highest BCUT2D eigenvalue weighted by Crippen LogP contribution is 2.32. The summed E-state index contributed by atoms with van der Waals surface area (Å²) in [7, 11) is 1.65. The topological polar surface area (TPSA) is 150 Å². The summed E-state index contributed by atoms with van der Waals surface area (Å²) < 4.78 is 22.3. The van der Waals surface area contributed by atoms with Crippen LogP contribution in [0.25, 0.3) is 0 Å². The van der Waals surface area contributed by atoms with Gasteiger partial charge >= 0.3 is 12.1 Å². The molecule has 0 saturated carbocycles. The van der Waals surface area contributed by atoms with E-state index in [0.717, 1.165) is 12.0 Å². The molecule has 0 saturated heterocycles. The van der Waals surface area contributed by atoms with Crippen molar-refractivity contribution in [3.05, 3.63) is 23.8 Å². The first kappa shape index (κ1) is 34.5. The molecule has 1 rings (SSSR count). The van der Waals surface area contributed by atoms with E-state index in [1.54, 1.807) is 34.8 Å². The SMILES string of the molecule is COCCCOc1cc(C[C@@H](C[C@H](NC(=O)OC(C)(C)C)[C@@H](O)C[C@@H](C)C(=O)O)C(C)C)ccc1OCCN. The smallest absolute Gasteiger partial charge is 0.407 e. The standard InChI is InChI=1S/C29H50N2O8/c1-19(2)22(16-21-9-10-25(38-14-11-30)26(17-21)37-13-8-12-36-7)18-23(24(32)15-20(3)27(33)34)31-28(35)39-29(4,5)6/h9-10,17,19-20,22-24,32H,8,11-16,18,30H2,1-7H3,(H,31,35)(H,33,34)/t20-,22+,23+,24+/m1/s1. The Morgan fingerprint density at radius 1 is 1.03 bits per heavy atom. The van der Waals surface area contributed by atoms with Crippen molar-refractivity contribution in [3.63, 3.8) is 0 Å². The van der Waals surface area contributed by atoms with Crippen LogP contribution in [0.4, 0.5) is 4.79 Å². The van der Waals surface area contributed by atoms with Crippen molar-refractivity contribution >= 4 is 12.1 Å². The third-order valence-corrected chi connectivity index (χ3v) is 6.31. The van der Waals surface area contributed by atoms with Gasteiger partial charge in [0, 0.05) is 26.7 Å². The van der Waals surface area contributed by atoms with Gasteiger partial charge in [0.15, 0.2) is 11.5 Å². The minimum absolute atomic E-state index is 0.00720. The van der Waals surface area contributed by atoms with Crippen LogP contribution in [0.2, 0.25) is 0 Å². The number of carboxylic acids is 1. The summed E-state index contributed by atoms with van der Waals surface area (Å²) >= 11 is 0. The molecule has 1 aromatic carbocycles. The number of benzene rings is 1. The fraction of sp³-hybridized carbons (Fsp3) is 0.724. The van der Waals surface area contributed by atoms with E-state index >= 15 is 0 Å². The van der Waals surface area contributed by atoms with Crippen molar-refractivity contribution in [2.45, 2.75) is 85.0 Å². The molecule has 1 aromatic rings. The van der Waals surface area contributed by atoms with E-state index in [4.69, 9.17) is 24.7 Å². The van der Waals surface area contributed by atoms with E-state index in [0.29, 0.717) is 50.7 Å². The van der Waals surface area contributed by atoms with E-state index in [1.165, 1.54) is 0 Å². The predicted molar refractivity (Wildman–Crippen MR) is 150 cm³/mol. The average Bonchev–Trinajstić information content (AvgIpc) is 2.83. The lowest BCUT2D eigenvalue weighted by Gasteiger charge is -2.32. The van der Waals surface area contributed by atoms with Crippen LogP contribution in [-0.2, 0) is 20.7 Å². The van der Waals surface area contributed by atoms with Crippen molar-refractivity contribution in [1.82, 2.24) is 5.32 Å². The van der Waals surface area contributed by atoms with Gasteiger partial charge in [0.05, 0.1) is 24.7 Å². The molecule has 0 aliphatic heterocycles. The largest absolute Gasteiger partial charge is 0.490 e. The molecular weight excluding hydrogens is 504 g/mol. The number of rotatable bonds is 18. The zero-order chi connectivity index (χ0) is 29.6. The van der Waals surface area contributed by atoms with E-state index in [1.807, 2.05) is 18.2 Å². The zero-order valence-electron chi connectivity index (χ0n) is 24.7. The quantitative estimate of drug-likeness (QED) is 0.197. The summed E-state index contributed by atoms with van der Waals surface area (Å²) in [6.45, 7) is 12.8. The second-order valence-electron chi connectivity index (χ2n) is 11.4. The number of carbonyl (C=O) groups is 2. The number of aliphatic hydroxyl groups is 1. The van der Waals surface area contributed by atoms with Gasteiger partial charge in [0.2, 0.25) is 0 Å².